The van der Waals surface area contributed by atoms with Gasteiger partial charge in [0.25, 0.3) is 0 Å². The topological polar surface area (TPSA) is 12.0 Å². The number of halogens is 1. The van der Waals surface area contributed by atoms with E-state index in [-0.39, 0.29) is 5.92 Å². The van der Waals surface area contributed by atoms with Gasteiger partial charge in [-0.25, -0.2) is 4.39 Å². The van der Waals surface area contributed by atoms with Gasteiger partial charge in [0.2, 0.25) is 0 Å². The van der Waals surface area contributed by atoms with Gasteiger partial charge in [0.15, 0.2) is 0 Å². The first kappa shape index (κ1) is 8.22. The molecule has 2 aliphatic carbocycles. The van der Waals surface area contributed by atoms with Crippen molar-refractivity contribution in [2.24, 2.45) is 17.8 Å². The molecule has 2 saturated heterocycles. The Morgan fingerprint density at radius 3 is 2.62 bits per heavy atom. The minimum atomic E-state index is -0.541. The summed E-state index contributed by atoms with van der Waals surface area (Å²) < 4.78 is 13.9. The minimum absolute atomic E-state index is 0.216. The van der Waals surface area contributed by atoms with Gasteiger partial charge in [0.05, 0.1) is 0 Å². The van der Waals surface area contributed by atoms with Gasteiger partial charge in [0.1, 0.15) is 6.17 Å². The lowest BCUT2D eigenvalue weighted by Gasteiger charge is -2.45. The molecule has 0 spiro atoms. The van der Waals surface area contributed by atoms with E-state index in [1.165, 1.54) is 19.3 Å². The summed E-state index contributed by atoms with van der Waals surface area (Å²) in [6.07, 6.45) is 5.57. The van der Waals surface area contributed by atoms with Crippen molar-refractivity contribution in [3.8, 4) is 0 Å². The Labute approximate surface area is 79.1 Å². The first-order chi connectivity index (χ1) is 6.34. The molecule has 2 heterocycles. The van der Waals surface area contributed by atoms with Gasteiger partial charge in [-0.2, -0.15) is 0 Å². The highest BCUT2D eigenvalue weighted by Crippen LogP contribution is 2.45. The number of hydrogen-bond donors (Lipinski definition) is 1. The molecule has 4 fully saturated rings. The van der Waals surface area contributed by atoms with Crippen molar-refractivity contribution in [3.63, 3.8) is 0 Å². The highest BCUT2D eigenvalue weighted by molar-refractivity contribution is 5.03. The quantitative estimate of drug-likeness (QED) is 0.691. The van der Waals surface area contributed by atoms with E-state index in [0.717, 1.165) is 18.8 Å². The number of fused-ring (bicyclic) bond motifs is 3. The summed E-state index contributed by atoms with van der Waals surface area (Å²) in [5.41, 5.74) is 0. The highest BCUT2D eigenvalue weighted by atomic mass is 19.1. The molecule has 2 bridgehead atoms. The van der Waals surface area contributed by atoms with Gasteiger partial charge in [-0.3, -0.25) is 0 Å². The van der Waals surface area contributed by atoms with Crippen molar-refractivity contribution in [2.75, 3.05) is 0 Å². The Bertz CT molecular complexity index is 192. The lowest BCUT2D eigenvalue weighted by molar-refractivity contribution is 0.0397. The second kappa shape index (κ2) is 2.94. The third-order valence-electron chi connectivity index (χ3n) is 3.97. The van der Waals surface area contributed by atoms with Crippen LogP contribution >= 0.6 is 0 Å². The molecule has 4 aliphatic rings. The van der Waals surface area contributed by atoms with Crippen LogP contribution in [0.5, 0.6) is 0 Å². The van der Waals surface area contributed by atoms with E-state index in [1.54, 1.807) is 0 Å². The van der Waals surface area contributed by atoms with Crippen LogP contribution in [0.1, 0.15) is 32.1 Å². The Morgan fingerprint density at radius 2 is 2.08 bits per heavy atom. The molecule has 1 radical (unpaired) electrons. The highest BCUT2D eigenvalue weighted by Gasteiger charge is 2.45. The summed E-state index contributed by atoms with van der Waals surface area (Å²) in [5.74, 6) is 1.41. The summed E-state index contributed by atoms with van der Waals surface area (Å²) in [6.45, 7) is 2.00. The van der Waals surface area contributed by atoms with E-state index in [0.29, 0.717) is 12.0 Å². The number of nitrogens with one attached hydrogen (secondary N) is 1. The second-order valence-corrected chi connectivity index (χ2v) is 4.97. The first-order valence-electron chi connectivity index (χ1n) is 5.58. The number of hydrogen-bond acceptors (Lipinski definition) is 1. The van der Waals surface area contributed by atoms with Crippen LogP contribution in [-0.2, 0) is 0 Å². The van der Waals surface area contributed by atoms with Crippen LogP contribution in [0.2, 0.25) is 0 Å². The van der Waals surface area contributed by atoms with Crippen molar-refractivity contribution in [1.82, 2.24) is 5.32 Å². The van der Waals surface area contributed by atoms with Crippen LogP contribution in [-0.4, -0.2) is 12.2 Å². The van der Waals surface area contributed by atoms with Crippen LogP contribution in [0.15, 0.2) is 0 Å². The molecule has 0 aromatic carbocycles. The second-order valence-electron chi connectivity index (χ2n) is 4.97. The Kier molecular flexibility index (Phi) is 1.86. The summed E-state index contributed by atoms with van der Waals surface area (Å²) in [4.78, 5) is 0. The minimum Gasteiger partial charge on any atom is -0.309 e. The normalized spacial score (nSPS) is 49.6. The number of rotatable bonds is 2. The maximum absolute atomic E-state index is 13.9. The van der Waals surface area contributed by atoms with E-state index >= 15 is 0 Å². The smallest absolute Gasteiger partial charge is 0.109 e. The predicted octanol–water partition coefficient (Wildman–Crippen LogP) is 2.28. The molecule has 1 nitrogen and oxygen atoms in total. The zero-order valence-corrected chi connectivity index (χ0v) is 7.88. The largest absolute Gasteiger partial charge is 0.309 e. The van der Waals surface area contributed by atoms with Crippen molar-refractivity contribution in [2.45, 2.75) is 44.3 Å². The van der Waals surface area contributed by atoms with E-state index in [9.17, 15) is 4.39 Å². The van der Waals surface area contributed by atoms with Crippen molar-refractivity contribution in [3.05, 3.63) is 6.54 Å². The average Bonchev–Trinajstić information content (AvgIpc) is 2.96. The maximum atomic E-state index is 13.9. The molecular formula is C11H17FN. The fraction of sp³-hybridized carbons (Fsp3) is 0.909. The third kappa shape index (κ3) is 1.39. The molecule has 73 valence electrons. The predicted molar refractivity (Wildman–Crippen MR) is 49.7 cm³/mol. The molecule has 0 aromatic heterocycles. The molecule has 4 atom stereocenters. The molecule has 0 unspecified atom stereocenters. The molecule has 0 aromatic rings. The van der Waals surface area contributed by atoms with Gasteiger partial charge < -0.3 is 5.32 Å². The van der Waals surface area contributed by atoms with Crippen LogP contribution in [0.4, 0.5) is 4.39 Å². The van der Waals surface area contributed by atoms with E-state index in [4.69, 9.17) is 0 Å². The Hall–Kier alpha value is -0.110. The Morgan fingerprint density at radius 1 is 1.23 bits per heavy atom. The molecular weight excluding hydrogens is 165 g/mol. The van der Waals surface area contributed by atoms with Gasteiger partial charge >= 0.3 is 0 Å². The van der Waals surface area contributed by atoms with Crippen molar-refractivity contribution < 1.29 is 4.39 Å². The van der Waals surface area contributed by atoms with Crippen LogP contribution in [0.3, 0.4) is 0 Å². The molecule has 4 rings (SSSR count). The van der Waals surface area contributed by atoms with Gasteiger partial charge in [0, 0.05) is 24.4 Å². The van der Waals surface area contributed by atoms with Crippen molar-refractivity contribution in [1.29, 1.82) is 0 Å². The standard InChI is InChI=1S/C11H17FN/c12-11-8-3-4-10(13-6-8)9(11)5-7-1-2-7/h6-11,13H,1-5H2/t8-,9-,10-,11-/m0/s1. The molecule has 2 saturated carbocycles. The SMILES string of the molecule is F[C@@H]1[C@@H](CC2CC2)[C@@H]2CC[C@H]1[CH]N2. The van der Waals surface area contributed by atoms with Crippen LogP contribution in [0.25, 0.3) is 0 Å². The third-order valence-corrected chi connectivity index (χ3v) is 3.97. The average molecular weight is 182 g/mol. The van der Waals surface area contributed by atoms with Gasteiger partial charge in [-0.15, -0.1) is 0 Å². The first-order valence-corrected chi connectivity index (χ1v) is 5.58. The molecule has 13 heavy (non-hydrogen) atoms. The summed E-state index contributed by atoms with van der Waals surface area (Å²) in [5, 5.41) is 3.37. The van der Waals surface area contributed by atoms with Crippen LogP contribution in [0, 0.1) is 24.3 Å². The Balaban J connectivity index is 1.70. The van der Waals surface area contributed by atoms with E-state index < -0.39 is 6.17 Å². The number of piperidine rings is 2. The summed E-state index contributed by atoms with van der Waals surface area (Å²) in [6, 6.07) is 0.459. The maximum Gasteiger partial charge on any atom is 0.109 e. The summed E-state index contributed by atoms with van der Waals surface area (Å²) in [7, 11) is 0. The van der Waals surface area contributed by atoms with E-state index in [1.807, 2.05) is 6.54 Å². The van der Waals surface area contributed by atoms with Gasteiger partial charge in [-0.1, -0.05) is 12.8 Å². The molecule has 2 aliphatic heterocycles. The lowest BCUT2D eigenvalue weighted by atomic mass is 9.71. The molecule has 1 N–H and O–H groups in total. The van der Waals surface area contributed by atoms with Crippen LogP contribution < -0.4 is 5.32 Å². The fourth-order valence-corrected chi connectivity index (χ4v) is 2.95. The van der Waals surface area contributed by atoms with E-state index in [2.05, 4.69) is 5.32 Å². The number of alkyl halides is 1. The molecule has 0 amide bonds. The monoisotopic (exact) mass is 182 g/mol. The van der Waals surface area contributed by atoms with Crippen molar-refractivity contribution >= 4 is 0 Å². The molecule has 2 heteroatoms. The summed E-state index contributed by atoms with van der Waals surface area (Å²) >= 11 is 0. The zero-order valence-electron chi connectivity index (χ0n) is 7.88. The van der Waals surface area contributed by atoms with Gasteiger partial charge in [-0.05, 0) is 25.2 Å². The fourth-order valence-electron chi connectivity index (χ4n) is 2.95. The zero-order chi connectivity index (χ0) is 8.84. The lowest BCUT2D eigenvalue weighted by Crippen LogP contribution is -2.54.